The molecule has 2 N–H and O–H groups in total. The Labute approximate surface area is 154 Å². The molecule has 2 aromatic carbocycles. The zero-order valence-electron chi connectivity index (χ0n) is 14.7. The molecule has 0 aliphatic heterocycles. The molecule has 4 aromatic rings. The van der Waals surface area contributed by atoms with Gasteiger partial charge in [0.2, 0.25) is 16.0 Å². The highest BCUT2D eigenvalue weighted by Gasteiger charge is 2.11. The molecule has 0 spiro atoms. The molecule has 4 rings (SSSR count). The number of rotatable bonds is 4. The fourth-order valence-electron chi connectivity index (χ4n) is 2.85. The Morgan fingerprint density at radius 2 is 1.81 bits per heavy atom. The topological polar surface area (TPSA) is 110 Å². The van der Waals surface area contributed by atoms with Crippen molar-refractivity contribution in [2.24, 2.45) is 7.05 Å². The molecule has 0 saturated heterocycles. The number of H-pyrrole nitrogens is 1. The Kier molecular flexibility index (Phi) is 3.96. The fourth-order valence-corrected chi connectivity index (χ4v) is 3.38. The van der Waals surface area contributed by atoms with Crippen molar-refractivity contribution in [1.82, 2.24) is 19.5 Å². The molecule has 0 saturated carbocycles. The van der Waals surface area contributed by atoms with Crippen LogP contribution in [0.5, 0.6) is 0 Å². The lowest BCUT2D eigenvalue weighted by Gasteiger charge is -2.05. The summed E-state index contributed by atoms with van der Waals surface area (Å²) in [6.45, 7) is 1.56. The van der Waals surface area contributed by atoms with Gasteiger partial charge in [-0.1, -0.05) is 12.1 Å². The minimum Gasteiger partial charge on any atom is -0.323 e. The van der Waals surface area contributed by atoms with E-state index in [1.807, 2.05) is 30.3 Å². The molecule has 0 unspecified atom stereocenters. The number of nitrogens with zero attached hydrogens (tertiary/aromatic N) is 3. The number of sulfonamides is 1. The molecule has 0 amide bonds. The van der Waals surface area contributed by atoms with E-state index in [9.17, 15) is 13.2 Å². The number of nitrogens with one attached hydrogen (secondary N) is 2. The first-order valence-corrected chi connectivity index (χ1v) is 9.97. The highest BCUT2D eigenvalue weighted by Crippen LogP contribution is 2.26. The first-order valence-electron chi connectivity index (χ1n) is 8.32. The normalized spacial score (nSPS) is 11.9. The third-order valence-electron chi connectivity index (χ3n) is 4.36. The summed E-state index contributed by atoms with van der Waals surface area (Å²) in [6, 6.07) is 11.1. The summed E-state index contributed by atoms with van der Waals surface area (Å²) in [5.41, 5.74) is 3.61. The maximum absolute atomic E-state index is 12.3. The Bertz CT molecular complexity index is 1340. The molecule has 0 fully saturated rings. The van der Waals surface area contributed by atoms with Crippen molar-refractivity contribution >= 4 is 37.9 Å². The lowest BCUT2D eigenvalue weighted by Crippen LogP contribution is -2.16. The summed E-state index contributed by atoms with van der Waals surface area (Å²) in [7, 11) is -1.74. The molecule has 9 heteroatoms. The molecule has 2 aromatic heterocycles. The summed E-state index contributed by atoms with van der Waals surface area (Å²) >= 11 is 0. The Hall–Kier alpha value is -3.20. The van der Waals surface area contributed by atoms with Gasteiger partial charge in [0, 0.05) is 7.05 Å². The Balaban J connectivity index is 1.79. The number of benzene rings is 2. The minimum absolute atomic E-state index is 0.0324. The third-order valence-corrected chi connectivity index (χ3v) is 5.63. The third kappa shape index (κ3) is 3.17. The average Bonchev–Trinajstić information content (AvgIpc) is 3.05. The summed E-state index contributed by atoms with van der Waals surface area (Å²) in [4.78, 5) is 23.8. The predicted molar refractivity (Wildman–Crippen MR) is 105 cm³/mol. The van der Waals surface area contributed by atoms with Gasteiger partial charge in [-0.2, -0.15) is 0 Å². The van der Waals surface area contributed by atoms with Crippen LogP contribution < -0.4 is 10.3 Å². The van der Waals surface area contributed by atoms with Gasteiger partial charge in [0.05, 0.1) is 34.0 Å². The Morgan fingerprint density at radius 1 is 1.11 bits per heavy atom. The molecular weight excluding hydrogens is 366 g/mol. The quantitative estimate of drug-likeness (QED) is 0.562. The van der Waals surface area contributed by atoms with Crippen molar-refractivity contribution in [3.05, 3.63) is 53.1 Å². The first-order chi connectivity index (χ1) is 12.9. The average molecular weight is 383 g/mol. The van der Waals surface area contributed by atoms with Crippen LogP contribution in [0.15, 0.2) is 47.5 Å². The molecule has 0 aliphatic carbocycles. The van der Waals surface area contributed by atoms with Gasteiger partial charge >= 0.3 is 0 Å². The monoisotopic (exact) mass is 383 g/mol. The second-order valence-corrected chi connectivity index (χ2v) is 8.23. The molecule has 0 atom stereocenters. The zero-order chi connectivity index (χ0) is 19.2. The number of aryl methyl sites for hydroxylation is 1. The maximum atomic E-state index is 12.3. The molecular formula is C18H17N5O3S. The molecule has 138 valence electrons. The van der Waals surface area contributed by atoms with Crippen LogP contribution in [0.2, 0.25) is 0 Å². The second-order valence-electron chi connectivity index (χ2n) is 6.22. The van der Waals surface area contributed by atoms with Crippen LogP contribution in [-0.4, -0.2) is 33.7 Å². The van der Waals surface area contributed by atoms with Crippen molar-refractivity contribution < 1.29 is 8.42 Å². The smallest absolute Gasteiger partial charge is 0.260 e. The maximum Gasteiger partial charge on any atom is 0.260 e. The van der Waals surface area contributed by atoms with Gasteiger partial charge in [-0.25, -0.2) is 18.4 Å². The number of aromatic amines is 1. The summed E-state index contributed by atoms with van der Waals surface area (Å²) in [5.74, 6) is 0.149. The van der Waals surface area contributed by atoms with Crippen LogP contribution >= 0.6 is 0 Å². The van der Waals surface area contributed by atoms with Crippen molar-refractivity contribution in [3.8, 4) is 11.1 Å². The van der Waals surface area contributed by atoms with Crippen LogP contribution in [0.4, 0.5) is 5.95 Å². The Morgan fingerprint density at radius 3 is 2.56 bits per heavy atom. The van der Waals surface area contributed by atoms with E-state index in [4.69, 9.17) is 0 Å². The van der Waals surface area contributed by atoms with E-state index in [1.54, 1.807) is 20.0 Å². The summed E-state index contributed by atoms with van der Waals surface area (Å²) in [6.07, 6.45) is 1.50. The van der Waals surface area contributed by atoms with Crippen molar-refractivity contribution in [2.45, 2.75) is 6.92 Å². The van der Waals surface area contributed by atoms with Gasteiger partial charge in [-0.3, -0.25) is 9.52 Å². The van der Waals surface area contributed by atoms with Gasteiger partial charge in [0.25, 0.3) is 5.56 Å². The van der Waals surface area contributed by atoms with Crippen molar-refractivity contribution in [1.29, 1.82) is 0 Å². The van der Waals surface area contributed by atoms with Crippen molar-refractivity contribution in [3.63, 3.8) is 0 Å². The lowest BCUT2D eigenvalue weighted by atomic mass is 10.0. The molecule has 27 heavy (non-hydrogen) atoms. The van der Waals surface area contributed by atoms with E-state index in [0.29, 0.717) is 21.9 Å². The van der Waals surface area contributed by atoms with E-state index < -0.39 is 10.0 Å². The predicted octanol–water partition coefficient (Wildman–Crippen LogP) is 2.24. The van der Waals surface area contributed by atoms with E-state index in [1.165, 1.54) is 10.9 Å². The number of fused-ring (bicyclic) bond motifs is 2. The van der Waals surface area contributed by atoms with Crippen molar-refractivity contribution in [2.75, 3.05) is 10.5 Å². The fraction of sp³-hybridized carbons (Fsp3) is 0.167. The van der Waals surface area contributed by atoms with E-state index in [0.717, 1.165) is 11.1 Å². The van der Waals surface area contributed by atoms with Gasteiger partial charge < -0.3 is 9.55 Å². The van der Waals surface area contributed by atoms with Gasteiger partial charge in [-0.15, -0.1) is 0 Å². The SMILES string of the molecule is CCS(=O)(=O)Nc1nc2ccc(-c3ccc4ncn(C)c(=O)c4c3)cc2[nH]1. The van der Waals surface area contributed by atoms with Gasteiger partial charge in [0.1, 0.15) is 0 Å². The van der Waals surface area contributed by atoms with E-state index in [-0.39, 0.29) is 17.3 Å². The van der Waals surface area contributed by atoms with Crippen LogP contribution in [0.1, 0.15) is 6.92 Å². The molecule has 2 heterocycles. The highest BCUT2D eigenvalue weighted by atomic mass is 32.2. The molecule has 8 nitrogen and oxygen atoms in total. The number of anilines is 1. The van der Waals surface area contributed by atoms with E-state index >= 15 is 0 Å². The molecule has 0 aliphatic rings. The second kappa shape index (κ2) is 6.20. The zero-order valence-corrected chi connectivity index (χ0v) is 15.5. The standard InChI is InChI=1S/C18H17N5O3S/c1-3-27(25,26)22-18-20-15-7-5-12(9-16(15)21-18)11-4-6-14-13(8-11)17(24)23(2)10-19-14/h4-10H,3H2,1-2H3,(H2,20,21,22). The summed E-state index contributed by atoms with van der Waals surface area (Å²) in [5, 5.41) is 0.540. The molecule has 0 bridgehead atoms. The van der Waals surface area contributed by atoms with Crippen LogP contribution in [0.25, 0.3) is 33.1 Å². The number of hydrogen-bond acceptors (Lipinski definition) is 5. The molecule has 0 radical (unpaired) electrons. The largest absolute Gasteiger partial charge is 0.323 e. The number of imidazole rings is 1. The van der Waals surface area contributed by atoms with E-state index in [2.05, 4.69) is 19.7 Å². The summed E-state index contributed by atoms with van der Waals surface area (Å²) < 4.78 is 27.3. The number of aromatic nitrogens is 4. The lowest BCUT2D eigenvalue weighted by molar-refractivity contribution is 0.602. The van der Waals surface area contributed by atoms with Gasteiger partial charge in [-0.05, 0) is 42.3 Å². The van der Waals surface area contributed by atoms with Gasteiger partial charge in [0.15, 0.2) is 0 Å². The minimum atomic E-state index is -3.40. The van der Waals surface area contributed by atoms with Crippen LogP contribution in [0.3, 0.4) is 0 Å². The first kappa shape index (κ1) is 17.2. The van der Waals surface area contributed by atoms with Crippen LogP contribution in [0, 0.1) is 0 Å². The van der Waals surface area contributed by atoms with Crippen LogP contribution in [-0.2, 0) is 17.1 Å². The number of hydrogen-bond donors (Lipinski definition) is 2. The highest BCUT2D eigenvalue weighted by molar-refractivity contribution is 7.92.